The molecule has 1 aromatic carbocycles. The quantitative estimate of drug-likeness (QED) is 0.815. The van der Waals surface area contributed by atoms with Crippen molar-refractivity contribution in [3.63, 3.8) is 0 Å². The number of nitrogens with one attached hydrogen (secondary N) is 2. The molecule has 1 saturated heterocycles. The summed E-state index contributed by atoms with van der Waals surface area (Å²) >= 11 is 5.26. The van der Waals surface area contributed by atoms with Crippen molar-refractivity contribution in [3.05, 3.63) is 23.8 Å². The van der Waals surface area contributed by atoms with Crippen molar-refractivity contribution in [2.75, 3.05) is 18.4 Å². The van der Waals surface area contributed by atoms with E-state index in [0.29, 0.717) is 34.8 Å². The van der Waals surface area contributed by atoms with Crippen LogP contribution >= 0.6 is 12.2 Å². The average molecular weight is 354 g/mol. The number of benzene rings is 1. The van der Waals surface area contributed by atoms with Crippen LogP contribution in [0.5, 0.6) is 0 Å². The first-order chi connectivity index (χ1) is 11.0. The van der Waals surface area contributed by atoms with Crippen LogP contribution in [0.25, 0.3) is 0 Å². The Morgan fingerprint density at radius 1 is 1.22 bits per heavy atom. The lowest BCUT2D eigenvalue weighted by Crippen LogP contribution is -2.36. The van der Waals surface area contributed by atoms with Gasteiger partial charge in [0.1, 0.15) is 0 Å². The topological polar surface area (TPSA) is 61.4 Å². The summed E-state index contributed by atoms with van der Waals surface area (Å²) in [7, 11) is -3.43. The Labute approximate surface area is 143 Å². The highest BCUT2D eigenvalue weighted by Crippen LogP contribution is 2.26. The highest BCUT2D eigenvalue weighted by atomic mass is 32.2. The number of nitrogens with zero attached hydrogens (tertiary/aromatic N) is 1. The van der Waals surface area contributed by atoms with Crippen LogP contribution in [0.4, 0.5) is 5.69 Å². The normalized spacial score (nSPS) is 19.3. The van der Waals surface area contributed by atoms with Crippen molar-refractivity contribution in [2.24, 2.45) is 0 Å². The minimum absolute atomic E-state index is 0.374. The molecule has 2 aliphatic rings. The third-order valence-electron chi connectivity index (χ3n) is 4.29. The average Bonchev–Trinajstić information content (AvgIpc) is 3.34. The van der Waals surface area contributed by atoms with Crippen LogP contribution in [0.3, 0.4) is 0 Å². The summed E-state index contributed by atoms with van der Waals surface area (Å²) < 4.78 is 27.4. The summed E-state index contributed by atoms with van der Waals surface area (Å²) in [6.45, 7) is 3.06. The van der Waals surface area contributed by atoms with Crippen molar-refractivity contribution in [3.8, 4) is 0 Å². The first kappa shape index (κ1) is 16.7. The smallest absolute Gasteiger partial charge is 0.243 e. The number of thiocarbonyl (C=S) groups is 1. The zero-order valence-corrected chi connectivity index (χ0v) is 15.0. The predicted octanol–water partition coefficient (Wildman–Crippen LogP) is 2.62. The van der Waals surface area contributed by atoms with E-state index in [9.17, 15) is 8.42 Å². The van der Waals surface area contributed by atoms with Gasteiger partial charge in [-0.1, -0.05) is 12.5 Å². The van der Waals surface area contributed by atoms with Gasteiger partial charge in [-0.3, -0.25) is 0 Å². The molecule has 3 rings (SSSR count). The van der Waals surface area contributed by atoms with Crippen LogP contribution in [-0.2, 0) is 10.0 Å². The lowest BCUT2D eigenvalue weighted by molar-refractivity contribution is 0.346. The molecule has 126 valence electrons. The maximum absolute atomic E-state index is 12.9. The monoisotopic (exact) mass is 353 g/mol. The van der Waals surface area contributed by atoms with Gasteiger partial charge in [-0.05, 0) is 62.5 Å². The third-order valence-corrected chi connectivity index (χ3v) is 6.55. The van der Waals surface area contributed by atoms with E-state index in [4.69, 9.17) is 12.2 Å². The van der Waals surface area contributed by atoms with E-state index in [1.807, 2.05) is 19.1 Å². The van der Waals surface area contributed by atoms with E-state index in [1.165, 1.54) is 0 Å². The molecule has 0 spiro atoms. The van der Waals surface area contributed by atoms with Crippen LogP contribution in [0.1, 0.15) is 37.7 Å². The first-order valence-electron chi connectivity index (χ1n) is 8.15. The molecule has 2 N–H and O–H groups in total. The molecule has 2 fully saturated rings. The fourth-order valence-corrected chi connectivity index (χ4v) is 4.83. The van der Waals surface area contributed by atoms with Crippen LogP contribution in [0.15, 0.2) is 23.1 Å². The molecular weight excluding hydrogens is 330 g/mol. The Bertz CT molecular complexity index is 693. The van der Waals surface area contributed by atoms with Gasteiger partial charge >= 0.3 is 0 Å². The fraction of sp³-hybridized carbons (Fsp3) is 0.562. The molecule has 0 radical (unpaired) electrons. The number of piperidine rings is 1. The van der Waals surface area contributed by atoms with Crippen LogP contribution in [0.2, 0.25) is 0 Å². The highest BCUT2D eigenvalue weighted by Gasteiger charge is 2.27. The highest BCUT2D eigenvalue weighted by molar-refractivity contribution is 7.89. The molecule has 23 heavy (non-hydrogen) atoms. The van der Waals surface area contributed by atoms with Gasteiger partial charge < -0.3 is 10.6 Å². The second-order valence-corrected chi connectivity index (χ2v) is 8.63. The summed E-state index contributed by atoms with van der Waals surface area (Å²) in [4.78, 5) is 0.374. The largest absolute Gasteiger partial charge is 0.360 e. The zero-order valence-electron chi connectivity index (χ0n) is 13.3. The molecule has 1 aliphatic heterocycles. The molecule has 1 heterocycles. The third kappa shape index (κ3) is 4.02. The number of hydrogen-bond acceptors (Lipinski definition) is 3. The summed E-state index contributed by atoms with van der Waals surface area (Å²) in [5, 5.41) is 6.85. The van der Waals surface area contributed by atoms with Crippen LogP contribution in [-0.4, -0.2) is 37.0 Å². The number of sulfonamides is 1. The fourth-order valence-electron chi connectivity index (χ4n) is 2.78. The Kier molecular flexibility index (Phi) is 4.89. The van der Waals surface area contributed by atoms with E-state index in [0.717, 1.165) is 37.7 Å². The Hall–Kier alpha value is -1.18. The minimum Gasteiger partial charge on any atom is -0.360 e. The molecule has 0 atom stereocenters. The molecule has 1 saturated carbocycles. The van der Waals surface area contributed by atoms with Crippen molar-refractivity contribution in [2.45, 2.75) is 50.0 Å². The van der Waals surface area contributed by atoms with E-state index < -0.39 is 10.0 Å². The second-order valence-electron chi connectivity index (χ2n) is 6.32. The lowest BCUT2D eigenvalue weighted by Gasteiger charge is -2.26. The first-order valence-corrected chi connectivity index (χ1v) is 10.00. The number of hydrogen-bond donors (Lipinski definition) is 2. The Morgan fingerprint density at radius 3 is 2.57 bits per heavy atom. The number of rotatable bonds is 4. The maximum Gasteiger partial charge on any atom is 0.243 e. The van der Waals surface area contributed by atoms with E-state index in [-0.39, 0.29) is 0 Å². The molecule has 1 aliphatic carbocycles. The molecule has 1 aromatic rings. The van der Waals surface area contributed by atoms with Crippen molar-refractivity contribution >= 4 is 33.0 Å². The molecule has 0 unspecified atom stereocenters. The van der Waals surface area contributed by atoms with E-state index >= 15 is 0 Å². The van der Waals surface area contributed by atoms with Gasteiger partial charge in [0.2, 0.25) is 10.0 Å². The van der Waals surface area contributed by atoms with E-state index in [2.05, 4.69) is 10.6 Å². The summed E-state index contributed by atoms with van der Waals surface area (Å²) in [5.74, 6) is 0. The van der Waals surface area contributed by atoms with Crippen LogP contribution in [0, 0.1) is 6.92 Å². The standard InChI is InChI=1S/C16H23N3O2S2/c1-12-5-6-14(18-16(22)17-13-7-8-13)11-15(12)23(20,21)19-9-3-2-4-10-19/h5-6,11,13H,2-4,7-10H2,1H3,(H2,17,18,22). The lowest BCUT2D eigenvalue weighted by atomic mass is 10.2. The van der Waals surface area contributed by atoms with Gasteiger partial charge in [-0.25, -0.2) is 8.42 Å². The van der Waals surface area contributed by atoms with Gasteiger partial charge in [0.15, 0.2) is 5.11 Å². The molecule has 5 nitrogen and oxygen atoms in total. The minimum atomic E-state index is -3.43. The van der Waals surface area contributed by atoms with E-state index in [1.54, 1.807) is 10.4 Å². The molecule has 7 heteroatoms. The zero-order chi connectivity index (χ0) is 16.4. The van der Waals surface area contributed by atoms with Crippen LogP contribution < -0.4 is 10.6 Å². The van der Waals surface area contributed by atoms with Gasteiger partial charge in [0, 0.05) is 24.8 Å². The van der Waals surface area contributed by atoms with Crippen molar-refractivity contribution in [1.29, 1.82) is 0 Å². The van der Waals surface area contributed by atoms with Gasteiger partial charge in [0.05, 0.1) is 4.90 Å². The number of aryl methyl sites for hydroxylation is 1. The van der Waals surface area contributed by atoms with Crippen molar-refractivity contribution in [1.82, 2.24) is 9.62 Å². The molecule has 0 aromatic heterocycles. The maximum atomic E-state index is 12.9. The molecule has 0 bridgehead atoms. The SMILES string of the molecule is Cc1ccc(NC(=S)NC2CC2)cc1S(=O)(=O)N1CCCCC1. The molecular formula is C16H23N3O2S2. The predicted molar refractivity (Wildman–Crippen MR) is 96.2 cm³/mol. The number of anilines is 1. The summed E-state index contributed by atoms with van der Waals surface area (Å²) in [6.07, 6.45) is 5.26. The van der Waals surface area contributed by atoms with Gasteiger partial charge in [-0.15, -0.1) is 0 Å². The second kappa shape index (κ2) is 6.75. The Balaban J connectivity index is 1.80. The van der Waals surface area contributed by atoms with Gasteiger partial charge in [0.25, 0.3) is 0 Å². The summed E-state index contributed by atoms with van der Waals surface area (Å²) in [6, 6.07) is 5.86. The Morgan fingerprint density at radius 2 is 1.91 bits per heavy atom. The van der Waals surface area contributed by atoms with Gasteiger partial charge in [-0.2, -0.15) is 4.31 Å². The van der Waals surface area contributed by atoms with Crippen molar-refractivity contribution < 1.29 is 8.42 Å². The molecule has 0 amide bonds. The summed E-state index contributed by atoms with van der Waals surface area (Å²) in [5.41, 5.74) is 1.48.